The van der Waals surface area contributed by atoms with Crippen LogP contribution in [0, 0.1) is 0 Å². The van der Waals surface area contributed by atoms with Gasteiger partial charge in [-0.15, -0.1) is 11.3 Å². The van der Waals surface area contributed by atoms with Crippen LogP contribution < -0.4 is 0 Å². The Balaban J connectivity index is 1.67. The second-order valence-electron chi connectivity index (χ2n) is 6.45. The highest BCUT2D eigenvalue weighted by Gasteiger charge is 2.46. The Morgan fingerprint density at radius 1 is 1.17 bits per heavy atom. The molecule has 0 radical (unpaired) electrons. The van der Waals surface area contributed by atoms with Gasteiger partial charge >= 0.3 is 6.18 Å². The van der Waals surface area contributed by atoms with Crippen LogP contribution in [0.5, 0.6) is 0 Å². The zero-order valence-electron chi connectivity index (χ0n) is 12.9. The molecule has 0 unspecified atom stereocenters. The van der Waals surface area contributed by atoms with Crippen LogP contribution in [0.2, 0.25) is 0 Å². The lowest BCUT2D eigenvalue weighted by Crippen LogP contribution is -2.55. The quantitative estimate of drug-likeness (QED) is 0.839. The highest BCUT2D eigenvalue weighted by atomic mass is 32.1. The lowest BCUT2D eigenvalue weighted by atomic mass is 9.82. The molecule has 0 N–H and O–H groups in total. The third-order valence-corrected chi connectivity index (χ3v) is 6.00. The molecule has 1 aromatic heterocycles. The third kappa shape index (κ3) is 3.55. The Morgan fingerprint density at radius 3 is 2.35 bits per heavy atom. The molecule has 0 spiro atoms. The standard InChI is InChI=1S/C16H21F3N2OS/c17-16(18,19)12-20-7-9-21(10-8-20)14(22)15(5-1-2-6-15)13-4-3-11-23-13/h3-4,11H,1-2,5-10,12H2. The van der Waals surface area contributed by atoms with E-state index in [0.29, 0.717) is 26.2 Å². The Bertz CT molecular complexity index is 530. The second kappa shape index (κ2) is 6.43. The first-order chi connectivity index (χ1) is 10.9. The number of rotatable bonds is 3. The molecule has 128 valence electrons. The Morgan fingerprint density at radius 2 is 1.83 bits per heavy atom. The molecule has 1 aliphatic heterocycles. The normalized spacial score (nSPS) is 22.5. The summed E-state index contributed by atoms with van der Waals surface area (Å²) in [6.07, 6.45) is -0.380. The van der Waals surface area contributed by atoms with E-state index < -0.39 is 18.1 Å². The van der Waals surface area contributed by atoms with E-state index in [1.807, 2.05) is 17.5 Å². The molecule has 2 heterocycles. The molecule has 1 saturated heterocycles. The van der Waals surface area contributed by atoms with E-state index in [2.05, 4.69) is 0 Å². The summed E-state index contributed by atoms with van der Waals surface area (Å²) < 4.78 is 37.4. The number of alkyl halides is 3. The summed E-state index contributed by atoms with van der Waals surface area (Å²) in [5.41, 5.74) is -0.430. The van der Waals surface area contributed by atoms with Crippen molar-refractivity contribution in [2.24, 2.45) is 0 Å². The molecule has 1 amide bonds. The van der Waals surface area contributed by atoms with Crippen molar-refractivity contribution in [3.8, 4) is 0 Å². The predicted molar refractivity (Wildman–Crippen MR) is 83.5 cm³/mol. The first-order valence-corrected chi connectivity index (χ1v) is 8.91. The zero-order valence-corrected chi connectivity index (χ0v) is 13.8. The minimum absolute atomic E-state index is 0.115. The maximum absolute atomic E-state index is 13.1. The van der Waals surface area contributed by atoms with Gasteiger partial charge < -0.3 is 4.90 Å². The number of carbonyl (C=O) groups excluding carboxylic acids is 1. The minimum atomic E-state index is -4.17. The molecule has 0 atom stereocenters. The van der Waals surface area contributed by atoms with Crippen molar-refractivity contribution in [1.29, 1.82) is 0 Å². The smallest absolute Gasteiger partial charge is 0.339 e. The van der Waals surface area contributed by atoms with Crippen LogP contribution in [0.4, 0.5) is 13.2 Å². The summed E-state index contributed by atoms with van der Waals surface area (Å²) in [7, 11) is 0. The van der Waals surface area contributed by atoms with Gasteiger partial charge in [0, 0.05) is 31.1 Å². The predicted octanol–water partition coefficient (Wildman–Crippen LogP) is 3.27. The van der Waals surface area contributed by atoms with Gasteiger partial charge in [0.25, 0.3) is 0 Å². The number of thiophene rings is 1. The van der Waals surface area contributed by atoms with Crippen LogP contribution in [0.3, 0.4) is 0 Å². The van der Waals surface area contributed by atoms with E-state index in [9.17, 15) is 18.0 Å². The van der Waals surface area contributed by atoms with Crippen molar-refractivity contribution in [1.82, 2.24) is 9.80 Å². The fourth-order valence-corrected chi connectivity index (χ4v) is 4.74. The van der Waals surface area contributed by atoms with Gasteiger partial charge in [0.2, 0.25) is 5.91 Å². The molecular weight excluding hydrogens is 325 g/mol. The first kappa shape index (κ1) is 16.8. The Kier molecular flexibility index (Phi) is 4.69. The zero-order chi connectivity index (χ0) is 16.5. The number of nitrogens with zero attached hydrogens (tertiary/aromatic N) is 2. The topological polar surface area (TPSA) is 23.6 Å². The van der Waals surface area contributed by atoms with Gasteiger partial charge in [0.05, 0.1) is 12.0 Å². The van der Waals surface area contributed by atoms with Crippen molar-refractivity contribution >= 4 is 17.2 Å². The largest absolute Gasteiger partial charge is 0.401 e. The van der Waals surface area contributed by atoms with Gasteiger partial charge in [-0.2, -0.15) is 13.2 Å². The molecule has 1 aromatic rings. The number of hydrogen-bond acceptors (Lipinski definition) is 3. The number of piperazine rings is 1. The minimum Gasteiger partial charge on any atom is -0.339 e. The van der Waals surface area contributed by atoms with Crippen molar-refractivity contribution in [2.45, 2.75) is 37.3 Å². The van der Waals surface area contributed by atoms with E-state index in [4.69, 9.17) is 0 Å². The van der Waals surface area contributed by atoms with Crippen LogP contribution in [0.25, 0.3) is 0 Å². The molecule has 2 aliphatic rings. The first-order valence-electron chi connectivity index (χ1n) is 8.03. The number of amides is 1. The maximum atomic E-state index is 13.1. The van der Waals surface area contributed by atoms with Crippen molar-refractivity contribution in [2.75, 3.05) is 32.7 Å². The highest BCUT2D eigenvalue weighted by Crippen LogP contribution is 2.44. The number of halogens is 3. The van der Waals surface area contributed by atoms with Crippen molar-refractivity contribution in [3.63, 3.8) is 0 Å². The van der Waals surface area contributed by atoms with Crippen LogP contribution in [0.15, 0.2) is 17.5 Å². The van der Waals surface area contributed by atoms with Gasteiger partial charge in [0.15, 0.2) is 0 Å². The molecule has 3 nitrogen and oxygen atoms in total. The monoisotopic (exact) mass is 346 g/mol. The highest BCUT2D eigenvalue weighted by molar-refractivity contribution is 7.10. The molecule has 23 heavy (non-hydrogen) atoms. The van der Waals surface area contributed by atoms with Gasteiger partial charge in [-0.25, -0.2) is 0 Å². The van der Waals surface area contributed by atoms with E-state index in [-0.39, 0.29) is 5.91 Å². The summed E-state index contributed by atoms with van der Waals surface area (Å²) in [6.45, 7) is 0.493. The van der Waals surface area contributed by atoms with Gasteiger partial charge in [-0.1, -0.05) is 18.9 Å². The van der Waals surface area contributed by atoms with Crippen LogP contribution in [0.1, 0.15) is 30.6 Å². The van der Waals surface area contributed by atoms with Crippen LogP contribution in [-0.4, -0.2) is 54.6 Å². The molecule has 1 aliphatic carbocycles. The average molecular weight is 346 g/mol. The van der Waals surface area contributed by atoms with Gasteiger partial charge in [0.1, 0.15) is 0 Å². The lowest BCUT2D eigenvalue weighted by molar-refractivity contribution is -0.153. The summed E-state index contributed by atoms with van der Waals surface area (Å²) in [6, 6.07) is 3.99. The summed E-state index contributed by atoms with van der Waals surface area (Å²) in [4.78, 5) is 17.4. The van der Waals surface area contributed by atoms with Crippen molar-refractivity contribution < 1.29 is 18.0 Å². The van der Waals surface area contributed by atoms with Crippen LogP contribution >= 0.6 is 11.3 Å². The molecule has 2 fully saturated rings. The van der Waals surface area contributed by atoms with E-state index in [1.165, 1.54) is 4.90 Å². The molecular formula is C16H21F3N2OS. The Hall–Kier alpha value is -1.08. The van der Waals surface area contributed by atoms with Gasteiger partial charge in [-0.05, 0) is 24.3 Å². The summed E-state index contributed by atoms with van der Waals surface area (Å²) in [5.74, 6) is 0.115. The molecule has 0 aromatic carbocycles. The molecule has 0 bridgehead atoms. The SMILES string of the molecule is O=C(N1CCN(CC(F)(F)F)CC1)C1(c2cccs2)CCCC1. The average Bonchev–Trinajstić information content (AvgIpc) is 3.17. The van der Waals surface area contributed by atoms with E-state index in [0.717, 1.165) is 30.6 Å². The number of hydrogen-bond donors (Lipinski definition) is 0. The summed E-state index contributed by atoms with van der Waals surface area (Å²) in [5, 5.41) is 1.99. The van der Waals surface area contributed by atoms with E-state index >= 15 is 0 Å². The van der Waals surface area contributed by atoms with Crippen LogP contribution in [-0.2, 0) is 10.2 Å². The molecule has 7 heteroatoms. The van der Waals surface area contributed by atoms with E-state index in [1.54, 1.807) is 16.2 Å². The third-order valence-electron chi connectivity index (χ3n) is 4.92. The maximum Gasteiger partial charge on any atom is 0.401 e. The molecule has 3 rings (SSSR count). The molecule has 1 saturated carbocycles. The fraction of sp³-hybridized carbons (Fsp3) is 0.688. The fourth-order valence-electron chi connectivity index (χ4n) is 3.76. The number of carbonyl (C=O) groups is 1. The Labute approximate surface area is 138 Å². The summed E-state index contributed by atoms with van der Waals surface area (Å²) >= 11 is 1.61. The van der Waals surface area contributed by atoms with Crippen molar-refractivity contribution in [3.05, 3.63) is 22.4 Å². The second-order valence-corrected chi connectivity index (χ2v) is 7.40. The van der Waals surface area contributed by atoms with Gasteiger partial charge in [-0.3, -0.25) is 9.69 Å². The lowest BCUT2D eigenvalue weighted by Gasteiger charge is -2.39.